The van der Waals surface area contributed by atoms with Gasteiger partial charge in [-0.3, -0.25) is 49.8 Å². The highest BCUT2D eigenvalue weighted by Crippen LogP contribution is 2.28. The fraction of sp³-hybridized carbons (Fsp3) is 0.200. The standard InChI is InChI=1S/C15H14N8O7/c1-19-13-12(14(25)20(2)15(19)26)21(7-16-13)6-11(24)18-17-9-4-3-8(22(27)28)5-10(9)23(29)30/h3-5,7,17H,6H2,1-2H3,(H,18,24). The number of aryl methyl sites for hydroxylation is 1. The van der Waals surface area contributed by atoms with E-state index in [2.05, 4.69) is 15.8 Å². The SMILES string of the molecule is Cn1c(=O)c2c(ncn2CC(=O)NNc2ccc([N+](=O)[O-])cc2[N+](=O)[O-])n(C)c1=O. The van der Waals surface area contributed by atoms with Gasteiger partial charge in [0.25, 0.3) is 17.2 Å². The second-order valence-corrected chi connectivity index (χ2v) is 6.14. The Morgan fingerprint density at radius 3 is 2.47 bits per heavy atom. The van der Waals surface area contributed by atoms with Gasteiger partial charge in [0.15, 0.2) is 11.2 Å². The first kappa shape index (κ1) is 20.2. The van der Waals surface area contributed by atoms with E-state index in [1.807, 2.05) is 0 Å². The number of nitro groups is 2. The minimum absolute atomic E-state index is 0.0241. The van der Waals surface area contributed by atoms with Crippen LogP contribution in [0.15, 0.2) is 34.1 Å². The fourth-order valence-electron chi connectivity index (χ4n) is 2.74. The molecule has 3 rings (SSSR count). The average molecular weight is 418 g/mol. The molecule has 0 atom stereocenters. The van der Waals surface area contributed by atoms with E-state index in [4.69, 9.17) is 0 Å². The van der Waals surface area contributed by atoms with E-state index in [1.165, 1.54) is 25.0 Å². The van der Waals surface area contributed by atoms with Crippen molar-refractivity contribution in [3.8, 4) is 0 Å². The number of carbonyl (C=O) groups is 1. The summed E-state index contributed by atoms with van der Waals surface area (Å²) in [5.74, 6) is -0.696. The molecule has 0 fully saturated rings. The average Bonchev–Trinajstić information content (AvgIpc) is 3.12. The number of nitrogens with zero attached hydrogens (tertiary/aromatic N) is 6. The van der Waals surface area contributed by atoms with Crippen LogP contribution in [0.4, 0.5) is 17.1 Å². The van der Waals surface area contributed by atoms with Crippen molar-refractivity contribution >= 4 is 34.1 Å². The zero-order valence-electron chi connectivity index (χ0n) is 15.6. The van der Waals surface area contributed by atoms with Gasteiger partial charge >= 0.3 is 11.4 Å². The molecular formula is C15H14N8O7. The normalized spacial score (nSPS) is 10.7. The van der Waals surface area contributed by atoms with Crippen molar-refractivity contribution in [2.24, 2.45) is 14.1 Å². The van der Waals surface area contributed by atoms with E-state index < -0.39 is 44.9 Å². The van der Waals surface area contributed by atoms with E-state index in [1.54, 1.807) is 0 Å². The van der Waals surface area contributed by atoms with E-state index in [-0.39, 0.29) is 16.9 Å². The van der Waals surface area contributed by atoms with Crippen LogP contribution in [0, 0.1) is 20.2 Å². The molecule has 0 saturated carbocycles. The number of hydrogen-bond acceptors (Lipinski definition) is 9. The number of carbonyl (C=O) groups excluding carboxylic acids is 1. The van der Waals surface area contributed by atoms with Crippen LogP contribution in [0.5, 0.6) is 0 Å². The molecule has 0 spiro atoms. The topological polar surface area (TPSA) is 189 Å². The van der Waals surface area contributed by atoms with Crippen molar-refractivity contribution < 1.29 is 14.6 Å². The highest BCUT2D eigenvalue weighted by Gasteiger charge is 2.20. The Bertz CT molecular complexity index is 1320. The monoisotopic (exact) mass is 418 g/mol. The molecule has 2 heterocycles. The smallest absolute Gasteiger partial charge is 0.315 e. The van der Waals surface area contributed by atoms with Gasteiger partial charge in [-0.1, -0.05) is 0 Å². The van der Waals surface area contributed by atoms with Crippen molar-refractivity contribution in [1.82, 2.24) is 24.1 Å². The molecule has 0 unspecified atom stereocenters. The first-order valence-electron chi connectivity index (χ1n) is 8.20. The molecule has 15 heteroatoms. The largest absolute Gasteiger partial charge is 0.332 e. The Balaban J connectivity index is 1.83. The van der Waals surface area contributed by atoms with Gasteiger partial charge in [0, 0.05) is 20.2 Å². The van der Waals surface area contributed by atoms with Crippen LogP contribution in [-0.4, -0.2) is 34.4 Å². The van der Waals surface area contributed by atoms with Crippen molar-refractivity contribution in [3.05, 3.63) is 65.6 Å². The third-order valence-electron chi connectivity index (χ3n) is 4.26. The number of imidazole rings is 1. The number of nitrogens with one attached hydrogen (secondary N) is 2. The number of hydrogen-bond donors (Lipinski definition) is 2. The van der Waals surface area contributed by atoms with Crippen molar-refractivity contribution in [2.75, 3.05) is 5.43 Å². The van der Waals surface area contributed by atoms with Gasteiger partial charge in [-0.2, -0.15) is 0 Å². The van der Waals surface area contributed by atoms with Crippen molar-refractivity contribution in [1.29, 1.82) is 0 Å². The molecule has 0 aliphatic heterocycles. The van der Waals surface area contributed by atoms with Gasteiger partial charge in [-0.05, 0) is 6.07 Å². The van der Waals surface area contributed by atoms with Crippen molar-refractivity contribution in [2.45, 2.75) is 6.54 Å². The van der Waals surface area contributed by atoms with Crippen molar-refractivity contribution in [3.63, 3.8) is 0 Å². The minimum Gasteiger partial charge on any atom is -0.315 e. The van der Waals surface area contributed by atoms with Gasteiger partial charge in [0.2, 0.25) is 0 Å². The zero-order chi connectivity index (χ0) is 22.2. The van der Waals surface area contributed by atoms with Crippen LogP contribution in [0.1, 0.15) is 0 Å². The first-order chi connectivity index (χ1) is 14.1. The Labute approximate surface area is 165 Å². The van der Waals surface area contributed by atoms with Gasteiger partial charge in [0.05, 0.1) is 22.2 Å². The summed E-state index contributed by atoms with van der Waals surface area (Å²) >= 11 is 0. The Morgan fingerprint density at radius 1 is 1.13 bits per heavy atom. The Hall–Kier alpha value is -4.56. The quantitative estimate of drug-likeness (QED) is 0.388. The maximum atomic E-state index is 12.4. The molecule has 0 saturated heterocycles. The number of benzene rings is 1. The van der Waals surface area contributed by atoms with E-state index in [0.29, 0.717) is 0 Å². The van der Waals surface area contributed by atoms with Crippen LogP contribution in [0.3, 0.4) is 0 Å². The lowest BCUT2D eigenvalue weighted by Gasteiger charge is -2.10. The third kappa shape index (κ3) is 3.46. The van der Waals surface area contributed by atoms with Crippen LogP contribution >= 0.6 is 0 Å². The maximum absolute atomic E-state index is 12.4. The molecular weight excluding hydrogens is 404 g/mol. The molecule has 1 aromatic carbocycles. The summed E-state index contributed by atoms with van der Waals surface area (Å²) in [5, 5.41) is 21.9. The van der Waals surface area contributed by atoms with Crippen LogP contribution in [0.25, 0.3) is 11.2 Å². The fourth-order valence-corrected chi connectivity index (χ4v) is 2.74. The second-order valence-electron chi connectivity index (χ2n) is 6.14. The molecule has 3 aromatic rings. The number of aromatic nitrogens is 4. The molecule has 2 N–H and O–H groups in total. The highest BCUT2D eigenvalue weighted by atomic mass is 16.6. The van der Waals surface area contributed by atoms with Gasteiger partial charge in [-0.25, -0.2) is 9.78 Å². The number of hydrazine groups is 1. The molecule has 156 valence electrons. The predicted molar refractivity (Wildman–Crippen MR) is 102 cm³/mol. The molecule has 0 bridgehead atoms. The molecule has 30 heavy (non-hydrogen) atoms. The van der Waals surface area contributed by atoms with Crippen LogP contribution in [-0.2, 0) is 25.4 Å². The summed E-state index contributed by atoms with van der Waals surface area (Å²) in [6.07, 6.45) is 1.21. The molecule has 15 nitrogen and oxygen atoms in total. The number of non-ortho nitro benzene ring substituents is 1. The zero-order valence-corrected chi connectivity index (χ0v) is 15.6. The summed E-state index contributed by atoms with van der Waals surface area (Å²) in [4.78, 5) is 60.8. The summed E-state index contributed by atoms with van der Waals surface area (Å²) in [6, 6.07) is 2.87. The summed E-state index contributed by atoms with van der Waals surface area (Å²) in [7, 11) is 2.72. The van der Waals surface area contributed by atoms with Crippen LogP contribution < -0.4 is 22.1 Å². The van der Waals surface area contributed by atoms with Gasteiger partial charge in [0.1, 0.15) is 12.2 Å². The molecule has 2 aromatic heterocycles. The number of fused-ring (bicyclic) bond motifs is 1. The van der Waals surface area contributed by atoms with E-state index in [9.17, 15) is 34.6 Å². The first-order valence-corrected chi connectivity index (χ1v) is 8.20. The lowest BCUT2D eigenvalue weighted by atomic mass is 10.2. The molecule has 0 aliphatic rings. The van der Waals surface area contributed by atoms with Gasteiger partial charge < -0.3 is 4.57 Å². The molecule has 1 amide bonds. The van der Waals surface area contributed by atoms with Gasteiger partial charge in [-0.15, -0.1) is 0 Å². The van der Waals surface area contributed by atoms with E-state index in [0.717, 1.165) is 27.3 Å². The molecule has 0 aliphatic carbocycles. The van der Waals surface area contributed by atoms with Crippen LogP contribution in [0.2, 0.25) is 0 Å². The maximum Gasteiger partial charge on any atom is 0.332 e. The Morgan fingerprint density at radius 2 is 1.83 bits per heavy atom. The minimum atomic E-state index is -0.838. The lowest BCUT2D eigenvalue weighted by molar-refractivity contribution is -0.393. The lowest BCUT2D eigenvalue weighted by Crippen LogP contribution is -2.38. The highest BCUT2D eigenvalue weighted by molar-refractivity contribution is 5.80. The second kappa shape index (κ2) is 7.46. The number of amides is 1. The molecule has 0 radical (unpaired) electrons. The number of anilines is 1. The summed E-state index contributed by atoms with van der Waals surface area (Å²) in [6.45, 7) is -0.391. The number of nitro benzene ring substituents is 2. The summed E-state index contributed by atoms with van der Waals surface area (Å²) in [5.41, 5.74) is 2.18. The Kier molecular flexibility index (Phi) is 5.02. The predicted octanol–water partition coefficient (Wildman–Crippen LogP) is -0.607. The van der Waals surface area contributed by atoms with E-state index >= 15 is 0 Å². The summed E-state index contributed by atoms with van der Waals surface area (Å²) < 4.78 is 3.25. The number of rotatable bonds is 6. The third-order valence-corrected chi connectivity index (χ3v) is 4.26.